The van der Waals surface area contributed by atoms with E-state index in [0.717, 1.165) is 24.5 Å². The Kier molecular flexibility index (Phi) is 7.50. The number of carbonyl (C=O) groups excluding carboxylic acids is 1. The Morgan fingerprint density at radius 3 is 2.74 bits per heavy atom. The number of nitrogens with zero attached hydrogens (tertiary/aromatic N) is 1. The minimum Gasteiger partial charge on any atom is -0.342 e. The van der Waals surface area contributed by atoms with Gasteiger partial charge in [-0.05, 0) is 31.7 Å². The van der Waals surface area contributed by atoms with E-state index in [1.807, 2.05) is 21.6 Å². The van der Waals surface area contributed by atoms with Crippen LogP contribution in [0.15, 0.2) is 24.3 Å². The van der Waals surface area contributed by atoms with Gasteiger partial charge < -0.3 is 4.90 Å². The molecular formula is C19H26FNO3S3. The summed E-state index contributed by atoms with van der Waals surface area (Å²) in [5, 5.41) is -0.150. The number of rotatable bonds is 6. The molecule has 2 saturated heterocycles. The van der Waals surface area contributed by atoms with Gasteiger partial charge in [0.05, 0.1) is 11.0 Å². The van der Waals surface area contributed by atoms with Gasteiger partial charge in [-0.25, -0.2) is 12.8 Å². The predicted octanol–water partition coefficient (Wildman–Crippen LogP) is 4.23. The molecule has 0 spiro atoms. The third-order valence-electron chi connectivity index (χ3n) is 5.24. The van der Waals surface area contributed by atoms with Crippen LogP contribution in [0.1, 0.15) is 49.3 Å². The highest BCUT2D eigenvalue weighted by molar-refractivity contribution is 8.77. The van der Waals surface area contributed by atoms with Gasteiger partial charge in [-0.2, -0.15) is 0 Å². The van der Waals surface area contributed by atoms with Crippen molar-refractivity contribution in [2.45, 2.75) is 49.0 Å². The van der Waals surface area contributed by atoms with Gasteiger partial charge in [0.2, 0.25) is 5.91 Å². The van der Waals surface area contributed by atoms with Crippen molar-refractivity contribution in [2.24, 2.45) is 0 Å². The van der Waals surface area contributed by atoms with E-state index in [1.165, 1.54) is 24.3 Å². The summed E-state index contributed by atoms with van der Waals surface area (Å²) in [4.78, 5) is 14.2. The van der Waals surface area contributed by atoms with Crippen molar-refractivity contribution in [1.29, 1.82) is 0 Å². The highest BCUT2D eigenvalue weighted by Gasteiger charge is 2.33. The first-order chi connectivity index (χ1) is 13.0. The van der Waals surface area contributed by atoms with Crippen molar-refractivity contribution in [3.05, 3.63) is 35.6 Å². The van der Waals surface area contributed by atoms with Crippen molar-refractivity contribution in [3.63, 3.8) is 0 Å². The van der Waals surface area contributed by atoms with Crippen LogP contribution >= 0.6 is 21.6 Å². The van der Waals surface area contributed by atoms with Crippen LogP contribution < -0.4 is 0 Å². The average molecular weight is 432 g/mol. The van der Waals surface area contributed by atoms with Crippen LogP contribution in [0.25, 0.3) is 0 Å². The second-order valence-corrected chi connectivity index (χ2v) is 12.2. The first-order valence-corrected chi connectivity index (χ1v) is 13.6. The second-order valence-electron chi connectivity index (χ2n) is 7.12. The van der Waals surface area contributed by atoms with Crippen LogP contribution in [0.3, 0.4) is 0 Å². The Morgan fingerprint density at radius 2 is 2.00 bits per heavy atom. The summed E-state index contributed by atoms with van der Waals surface area (Å²) < 4.78 is 39.3. The Morgan fingerprint density at radius 1 is 1.19 bits per heavy atom. The first kappa shape index (κ1) is 21.0. The minimum absolute atomic E-state index is 0.0211. The van der Waals surface area contributed by atoms with Gasteiger partial charge in [0, 0.05) is 36.1 Å². The number of benzene rings is 1. The molecule has 4 nitrogen and oxygen atoms in total. The van der Waals surface area contributed by atoms with Crippen LogP contribution in [-0.2, 0) is 14.6 Å². The van der Waals surface area contributed by atoms with E-state index >= 15 is 0 Å². The normalized spacial score (nSPS) is 25.3. The van der Waals surface area contributed by atoms with Gasteiger partial charge in [-0.1, -0.05) is 46.2 Å². The molecule has 27 heavy (non-hydrogen) atoms. The zero-order valence-electron chi connectivity index (χ0n) is 15.3. The fraction of sp³-hybridized carbons (Fsp3) is 0.632. The highest BCUT2D eigenvalue weighted by Crippen LogP contribution is 2.40. The third kappa shape index (κ3) is 5.64. The molecule has 1 aromatic rings. The van der Waals surface area contributed by atoms with Gasteiger partial charge in [0.25, 0.3) is 0 Å². The summed E-state index contributed by atoms with van der Waals surface area (Å²) >= 11 is 0. The van der Waals surface area contributed by atoms with Gasteiger partial charge >= 0.3 is 0 Å². The van der Waals surface area contributed by atoms with Gasteiger partial charge in [0.15, 0.2) is 9.84 Å². The summed E-state index contributed by atoms with van der Waals surface area (Å²) in [7, 11) is 0.406. The topological polar surface area (TPSA) is 54.5 Å². The van der Waals surface area contributed by atoms with Crippen LogP contribution in [0.2, 0.25) is 0 Å². The summed E-state index contributed by atoms with van der Waals surface area (Å²) in [5.74, 6) is 0.648. The molecule has 1 aromatic carbocycles. The molecule has 1 amide bonds. The summed E-state index contributed by atoms with van der Waals surface area (Å²) in [6, 6.07) is 6.04. The second kappa shape index (κ2) is 9.65. The smallest absolute Gasteiger partial charge is 0.222 e. The van der Waals surface area contributed by atoms with E-state index in [2.05, 4.69) is 0 Å². The monoisotopic (exact) mass is 431 g/mol. The highest BCUT2D eigenvalue weighted by atomic mass is 33.1. The lowest BCUT2D eigenvalue weighted by Crippen LogP contribution is -2.33. The maximum absolute atomic E-state index is 14.1. The third-order valence-corrected chi connectivity index (χ3v) is 10.4. The molecule has 3 rings (SSSR count). The molecule has 0 saturated carbocycles. The molecule has 2 fully saturated rings. The summed E-state index contributed by atoms with van der Waals surface area (Å²) in [5.41, 5.74) is 0.221. The van der Waals surface area contributed by atoms with E-state index in [-0.39, 0.29) is 30.2 Å². The summed E-state index contributed by atoms with van der Waals surface area (Å²) in [6.07, 6.45) is 5.01. The van der Waals surface area contributed by atoms with Crippen molar-refractivity contribution in [2.75, 3.05) is 24.6 Å². The van der Waals surface area contributed by atoms with Gasteiger partial charge in [-0.15, -0.1) is 0 Å². The van der Waals surface area contributed by atoms with E-state index in [4.69, 9.17) is 0 Å². The number of amides is 1. The number of carbonyl (C=O) groups is 1. The molecule has 2 heterocycles. The zero-order valence-corrected chi connectivity index (χ0v) is 17.8. The zero-order chi connectivity index (χ0) is 19.3. The predicted molar refractivity (Wildman–Crippen MR) is 111 cm³/mol. The molecular weight excluding hydrogens is 405 g/mol. The standard InChI is InChI=1S/C19H26FNO3S3/c20-17-7-3-2-6-16(17)18-9-11-21(12-14-27(18,23)24)19(22)8-4-1-5-15-10-13-25-26-15/h2-3,6-7,15,18H,1,4-5,8-14H2/t15-,18+/m0/s1. The van der Waals surface area contributed by atoms with E-state index in [1.54, 1.807) is 17.0 Å². The number of hydrogen-bond donors (Lipinski definition) is 0. The van der Waals surface area contributed by atoms with Crippen molar-refractivity contribution in [3.8, 4) is 0 Å². The lowest BCUT2D eigenvalue weighted by molar-refractivity contribution is -0.131. The molecule has 8 heteroatoms. The largest absolute Gasteiger partial charge is 0.342 e. The average Bonchev–Trinajstić information content (AvgIpc) is 3.10. The van der Waals surface area contributed by atoms with Crippen LogP contribution in [0.5, 0.6) is 0 Å². The van der Waals surface area contributed by atoms with Gasteiger partial charge in [-0.3, -0.25) is 4.79 Å². The number of halogens is 1. The molecule has 0 N–H and O–H groups in total. The van der Waals surface area contributed by atoms with Crippen molar-refractivity contribution in [1.82, 2.24) is 4.90 Å². The Hall–Kier alpha value is -0.730. The molecule has 0 unspecified atom stereocenters. The quantitative estimate of drug-likeness (QED) is 0.498. The van der Waals surface area contributed by atoms with Crippen LogP contribution in [0.4, 0.5) is 4.39 Å². The molecule has 0 bridgehead atoms. The number of unbranched alkanes of at least 4 members (excludes halogenated alkanes) is 1. The van der Waals surface area contributed by atoms with E-state index < -0.39 is 20.9 Å². The minimum atomic E-state index is -3.48. The SMILES string of the molecule is O=C(CCCC[C@H]1CCSS1)N1CC[C@H](c2ccccc2F)S(=O)(=O)CC1. The van der Waals surface area contributed by atoms with Crippen molar-refractivity contribution >= 4 is 37.3 Å². The lowest BCUT2D eigenvalue weighted by atomic mass is 10.1. The Balaban J connectivity index is 1.53. The number of hydrogen-bond acceptors (Lipinski definition) is 5. The summed E-state index contributed by atoms with van der Waals surface area (Å²) in [6.45, 7) is 0.577. The molecule has 2 aliphatic heterocycles. The number of sulfone groups is 1. The molecule has 2 aliphatic rings. The Labute approximate surface area is 169 Å². The molecule has 0 aromatic heterocycles. The maximum Gasteiger partial charge on any atom is 0.222 e. The fourth-order valence-electron chi connectivity index (χ4n) is 3.65. The van der Waals surface area contributed by atoms with Crippen molar-refractivity contribution < 1.29 is 17.6 Å². The van der Waals surface area contributed by atoms with Gasteiger partial charge in [0.1, 0.15) is 5.82 Å². The van der Waals surface area contributed by atoms with E-state index in [9.17, 15) is 17.6 Å². The molecule has 0 radical (unpaired) electrons. The van der Waals surface area contributed by atoms with Crippen LogP contribution in [0, 0.1) is 5.82 Å². The Bertz CT molecular complexity index is 750. The first-order valence-electron chi connectivity index (χ1n) is 9.49. The lowest BCUT2D eigenvalue weighted by Gasteiger charge is -2.20. The fourth-order valence-corrected chi connectivity index (χ4v) is 8.48. The van der Waals surface area contributed by atoms with E-state index in [0.29, 0.717) is 13.0 Å². The molecule has 0 aliphatic carbocycles. The maximum atomic E-state index is 14.1. The molecule has 2 atom stereocenters. The van der Waals surface area contributed by atoms with Crippen LogP contribution in [-0.4, -0.2) is 49.1 Å². The molecule has 150 valence electrons.